The molecule has 2 aromatic rings. The van der Waals surface area contributed by atoms with Gasteiger partial charge in [0.1, 0.15) is 5.75 Å². The van der Waals surface area contributed by atoms with Gasteiger partial charge in [-0.25, -0.2) is 8.42 Å². The second kappa shape index (κ2) is 11.1. The van der Waals surface area contributed by atoms with Crippen molar-refractivity contribution in [1.29, 1.82) is 0 Å². The fraction of sp³-hybridized carbons (Fsp3) is 0.391. The third-order valence-electron chi connectivity index (χ3n) is 4.97. The molecule has 31 heavy (non-hydrogen) atoms. The summed E-state index contributed by atoms with van der Waals surface area (Å²) in [5.41, 5.74) is 1.40. The predicted octanol–water partition coefficient (Wildman–Crippen LogP) is 3.57. The van der Waals surface area contributed by atoms with Crippen molar-refractivity contribution in [2.24, 2.45) is 0 Å². The van der Waals surface area contributed by atoms with E-state index in [9.17, 15) is 18.0 Å². The second-order valence-electron chi connectivity index (χ2n) is 7.04. The van der Waals surface area contributed by atoms with Gasteiger partial charge < -0.3 is 10.1 Å². The Bertz CT molecular complexity index is 982. The van der Waals surface area contributed by atoms with Gasteiger partial charge in [-0.3, -0.25) is 9.59 Å². The molecule has 1 amide bonds. The van der Waals surface area contributed by atoms with Crippen molar-refractivity contribution >= 4 is 21.7 Å². The van der Waals surface area contributed by atoms with E-state index in [4.69, 9.17) is 4.74 Å². The van der Waals surface area contributed by atoms with E-state index in [0.29, 0.717) is 30.8 Å². The molecule has 8 heteroatoms. The first-order chi connectivity index (χ1) is 14.7. The summed E-state index contributed by atoms with van der Waals surface area (Å²) in [6, 6.07) is 12.9. The van der Waals surface area contributed by atoms with Gasteiger partial charge in [0.25, 0.3) is 5.91 Å². The number of carbonyl (C=O) groups is 2. The summed E-state index contributed by atoms with van der Waals surface area (Å²) in [6.07, 6.45) is 0.433. The summed E-state index contributed by atoms with van der Waals surface area (Å²) in [6.45, 7) is 7.87. The largest absolute Gasteiger partial charge is 0.484 e. The quantitative estimate of drug-likeness (QED) is 0.533. The number of nitrogens with zero attached hydrogens (tertiary/aromatic N) is 1. The average Bonchev–Trinajstić information content (AvgIpc) is 2.78. The first-order valence-electron chi connectivity index (χ1n) is 10.4. The molecule has 168 valence electrons. The van der Waals surface area contributed by atoms with Crippen LogP contribution in [0.1, 0.15) is 56.1 Å². The highest BCUT2D eigenvalue weighted by atomic mass is 32.2. The molecule has 0 aliphatic carbocycles. The lowest BCUT2D eigenvalue weighted by molar-refractivity contribution is -0.123. The number of nitrogens with one attached hydrogen (secondary N) is 1. The van der Waals surface area contributed by atoms with Crippen LogP contribution in [0.5, 0.6) is 5.75 Å². The standard InChI is InChI=1S/C23H30N2O5S/c1-5-22(26)19-8-12-20(13-9-19)30-16-23(27)24-17(4)18-10-14-21(15-11-18)31(28,29)25(6-2)7-3/h8-15,17H,5-7,16H2,1-4H3,(H,24,27). The van der Waals surface area contributed by atoms with E-state index in [1.165, 1.54) is 4.31 Å². The van der Waals surface area contributed by atoms with Crippen LogP contribution in [0.15, 0.2) is 53.4 Å². The van der Waals surface area contributed by atoms with Gasteiger partial charge in [0, 0.05) is 25.1 Å². The normalized spacial score (nSPS) is 12.4. The molecule has 1 atom stereocenters. The zero-order valence-corrected chi connectivity index (χ0v) is 19.2. The maximum Gasteiger partial charge on any atom is 0.258 e. The number of sulfonamides is 1. The van der Waals surface area contributed by atoms with Gasteiger partial charge in [0.2, 0.25) is 10.0 Å². The Morgan fingerprint density at radius 3 is 2.06 bits per heavy atom. The topological polar surface area (TPSA) is 92.8 Å². The van der Waals surface area contributed by atoms with Gasteiger partial charge in [0.15, 0.2) is 12.4 Å². The Morgan fingerprint density at radius 2 is 1.55 bits per heavy atom. The van der Waals surface area contributed by atoms with Crippen LogP contribution >= 0.6 is 0 Å². The number of Topliss-reactive ketones (excluding diaryl/α,β-unsaturated/α-hetero) is 1. The van der Waals surface area contributed by atoms with Gasteiger partial charge in [-0.2, -0.15) is 4.31 Å². The van der Waals surface area contributed by atoms with Crippen LogP contribution in [0.3, 0.4) is 0 Å². The molecule has 0 aliphatic heterocycles. The molecule has 0 saturated heterocycles. The zero-order valence-electron chi connectivity index (χ0n) is 18.4. The summed E-state index contributed by atoms with van der Waals surface area (Å²) in [7, 11) is -3.51. The summed E-state index contributed by atoms with van der Waals surface area (Å²) in [4.78, 5) is 24.1. The van der Waals surface area contributed by atoms with E-state index in [1.807, 2.05) is 6.92 Å². The summed E-state index contributed by atoms with van der Waals surface area (Å²) in [5.74, 6) is 0.247. The third kappa shape index (κ3) is 6.38. The van der Waals surface area contributed by atoms with Gasteiger partial charge in [0.05, 0.1) is 10.9 Å². The lowest BCUT2D eigenvalue weighted by Gasteiger charge is -2.19. The monoisotopic (exact) mass is 446 g/mol. The van der Waals surface area contributed by atoms with Crippen molar-refractivity contribution in [1.82, 2.24) is 9.62 Å². The van der Waals surface area contributed by atoms with E-state index in [1.54, 1.807) is 69.3 Å². The number of amides is 1. The number of ether oxygens (including phenoxy) is 1. The second-order valence-corrected chi connectivity index (χ2v) is 8.98. The first kappa shape index (κ1) is 24.6. The predicted molar refractivity (Wildman–Crippen MR) is 120 cm³/mol. The van der Waals surface area contributed by atoms with Crippen molar-refractivity contribution in [2.75, 3.05) is 19.7 Å². The summed E-state index contributed by atoms with van der Waals surface area (Å²) >= 11 is 0. The molecule has 7 nitrogen and oxygen atoms in total. The van der Waals surface area contributed by atoms with Crippen molar-refractivity contribution in [3.8, 4) is 5.75 Å². The lowest BCUT2D eigenvalue weighted by atomic mass is 10.1. The molecule has 0 radical (unpaired) electrons. The number of rotatable bonds is 11. The number of benzene rings is 2. The average molecular weight is 447 g/mol. The summed E-state index contributed by atoms with van der Waals surface area (Å²) < 4.78 is 32.0. The molecule has 1 unspecified atom stereocenters. The maximum atomic E-state index is 12.6. The fourth-order valence-corrected chi connectivity index (χ4v) is 4.56. The first-order valence-corrected chi connectivity index (χ1v) is 11.8. The van der Waals surface area contributed by atoms with Crippen LogP contribution in [-0.2, 0) is 14.8 Å². The van der Waals surface area contributed by atoms with E-state index in [-0.39, 0.29) is 29.2 Å². The van der Waals surface area contributed by atoms with Crippen LogP contribution < -0.4 is 10.1 Å². The fourth-order valence-electron chi connectivity index (χ4n) is 3.10. The van der Waals surface area contributed by atoms with Crippen LogP contribution in [0.4, 0.5) is 0 Å². The van der Waals surface area contributed by atoms with Gasteiger partial charge >= 0.3 is 0 Å². The molecule has 0 bridgehead atoms. The van der Waals surface area contributed by atoms with Crippen molar-refractivity contribution in [2.45, 2.75) is 45.1 Å². The molecule has 0 spiro atoms. The third-order valence-corrected chi connectivity index (χ3v) is 7.03. The highest BCUT2D eigenvalue weighted by Gasteiger charge is 2.21. The Hall–Kier alpha value is -2.71. The smallest absolute Gasteiger partial charge is 0.258 e. The molecular formula is C23H30N2O5S. The molecule has 0 heterocycles. The Kier molecular flexibility index (Phi) is 8.76. The van der Waals surface area contributed by atoms with Gasteiger partial charge in [-0.05, 0) is 48.9 Å². The molecular weight excluding hydrogens is 416 g/mol. The Morgan fingerprint density at radius 1 is 0.968 bits per heavy atom. The molecule has 0 aliphatic rings. The molecule has 0 fully saturated rings. The molecule has 0 aromatic heterocycles. The lowest BCUT2D eigenvalue weighted by Crippen LogP contribution is -2.31. The SMILES string of the molecule is CCC(=O)c1ccc(OCC(=O)NC(C)c2ccc(S(=O)(=O)N(CC)CC)cc2)cc1. The molecule has 1 N–H and O–H groups in total. The van der Waals surface area contributed by atoms with E-state index >= 15 is 0 Å². The Balaban J connectivity index is 1.93. The van der Waals surface area contributed by atoms with Crippen LogP contribution in [0, 0.1) is 0 Å². The number of ketones is 1. The van der Waals surface area contributed by atoms with Crippen molar-refractivity contribution in [3.63, 3.8) is 0 Å². The Labute approximate surface area is 184 Å². The van der Waals surface area contributed by atoms with E-state index < -0.39 is 10.0 Å². The van der Waals surface area contributed by atoms with Crippen LogP contribution in [0.2, 0.25) is 0 Å². The van der Waals surface area contributed by atoms with E-state index in [2.05, 4.69) is 5.32 Å². The number of carbonyl (C=O) groups excluding carboxylic acids is 2. The van der Waals surface area contributed by atoms with E-state index in [0.717, 1.165) is 5.56 Å². The van der Waals surface area contributed by atoms with Gasteiger partial charge in [-0.1, -0.05) is 32.9 Å². The highest BCUT2D eigenvalue weighted by molar-refractivity contribution is 7.89. The highest BCUT2D eigenvalue weighted by Crippen LogP contribution is 2.19. The molecule has 0 saturated carbocycles. The molecule has 2 aromatic carbocycles. The van der Waals surface area contributed by atoms with Crippen LogP contribution in [-0.4, -0.2) is 44.1 Å². The molecule has 2 rings (SSSR count). The van der Waals surface area contributed by atoms with Gasteiger partial charge in [-0.15, -0.1) is 0 Å². The minimum atomic E-state index is -3.51. The minimum absolute atomic E-state index is 0.0500. The zero-order chi connectivity index (χ0) is 23.0. The maximum absolute atomic E-state index is 12.6. The van der Waals surface area contributed by atoms with Crippen molar-refractivity contribution in [3.05, 3.63) is 59.7 Å². The number of hydrogen-bond donors (Lipinski definition) is 1. The summed E-state index contributed by atoms with van der Waals surface area (Å²) in [5, 5.41) is 2.83. The van der Waals surface area contributed by atoms with Crippen LogP contribution in [0.25, 0.3) is 0 Å². The van der Waals surface area contributed by atoms with Crippen molar-refractivity contribution < 1.29 is 22.7 Å². The number of hydrogen-bond acceptors (Lipinski definition) is 5. The minimum Gasteiger partial charge on any atom is -0.484 e.